The zero-order valence-electron chi connectivity index (χ0n) is 9.49. The van der Waals surface area contributed by atoms with E-state index in [0.29, 0.717) is 18.0 Å². The Morgan fingerprint density at radius 3 is 2.62 bits per heavy atom. The Bertz CT molecular complexity index is 498. The Kier molecular flexibility index (Phi) is 2.58. The minimum absolute atomic E-state index is 0.0914. The molecule has 2 rings (SSSR count). The molecule has 1 saturated carbocycles. The number of pyridine rings is 1. The van der Waals surface area contributed by atoms with E-state index in [0.717, 1.165) is 18.5 Å². The maximum absolute atomic E-state index is 12.0. The van der Waals surface area contributed by atoms with Crippen LogP contribution >= 0.6 is 0 Å². The first kappa shape index (κ1) is 10.9. The third kappa shape index (κ3) is 1.87. The van der Waals surface area contributed by atoms with Crippen LogP contribution in [0.25, 0.3) is 0 Å². The number of hydrogen-bond donors (Lipinski definition) is 1. The molecule has 0 aromatic carbocycles. The molecule has 0 bridgehead atoms. The maximum Gasteiger partial charge on any atom is 0.341 e. The molecular weight excluding hydrogens is 206 g/mol. The molecule has 1 fully saturated rings. The summed E-state index contributed by atoms with van der Waals surface area (Å²) in [5, 5.41) is 9.00. The van der Waals surface area contributed by atoms with Crippen molar-refractivity contribution < 1.29 is 9.90 Å². The van der Waals surface area contributed by atoms with Gasteiger partial charge in [0.15, 0.2) is 0 Å². The molecule has 1 aromatic rings. The zero-order valence-corrected chi connectivity index (χ0v) is 9.49. The van der Waals surface area contributed by atoms with Crippen LogP contribution in [0.1, 0.15) is 34.5 Å². The summed E-state index contributed by atoms with van der Waals surface area (Å²) in [6, 6.07) is 1.77. The summed E-state index contributed by atoms with van der Waals surface area (Å²) in [6.45, 7) is 4.17. The molecule has 1 N–H and O–H groups in total. The van der Waals surface area contributed by atoms with Crippen LogP contribution in [0.15, 0.2) is 10.9 Å². The molecule has 0 radical (unpaired) electrons. The molecule has 1 aliphatic carbocycles. The van der Waals surface area contributed by atoms with E-state index in [2.05, 4.69) is 0 Å². The third-order valence-corrected chi connectivity index (χ3v) is 3.06. The number of nitrogens with zero attached hydrogens (tertiary/aromatic N) is 1. The standard InChI is InChI=1S/C12H15NO3/c1-7-5-8(2)13(6-9-3-4-9)11(14)10(7)12(15)16/h5,9H,3-4,6H2,1-2H3,(H,15,16). The van der Waals surface area contributed by atoms with Crippen LogP contribution in [-0.2, 0) is 6.54 Å². The molecule has 86 valence electrons. The van der Waals surface area contributed by atoms with Crippen molar-refractivity contribution in [2.45, 2.75) is 33.2 Å². The van der Waals surface area contributed by atoms with Crippen molar-refractivity contribution in [1.82, 2.24) is 4.57 Å². The predicted molar refractivity (Wildman–Crippen MR) is 59.9 cm³/mol. The van der Waals surface area contributed by atoms with Crippen molar-refractivity contribution in [1.29, 1.82) is 0 Å². The number of carboxylic acids is 1. The highest BCUT2D eigenvalue weighted by Crippen LogP contribution is 2.30. The molecule has 0 amide bonds. The maximum atomic E-state index is 12.0. The van der Waals surface area contributed by atoms with Gasteiger partial charge in [0, 0.05) is 12.2 Å². The van der Waals surface area contributed by atoms with Crippen LogP contribution in [0.5, 0.6) is 0 Å². The molecule has 0 spiro atoms. The minimum atomic E-state index is -1.13. The van der Waals surface area contributed by atoms with Gasteiger partial charge in [-0.15, -0.1) is 0 Å². The van der Waals surface area contributed by atoms with Gasteiger partial charge in [-0.2, -0.15) is 0 Å². The van der Waals surface area contributed by atoms with Crippen molar-refractivity contribution >= 4 is 5.97 Å². The normalized spacial score (nSPS) is 15.1. The van der Waals surface area contributed by atoms with E-state index in [1.54, 1.807) is 17.6 Å². The van der Waals surface area contributed by atoms with Gasteiger partial charge in [0.2, 0.25) is 0 Å². The summed E-state index contributed by atoms with van der Waals surface area (Å²) in [4.78, 5) is 23.0. The van der Waals surface area contributed by atoms with Gasteiger partial charge in [-0.05, 0) is 44.2 Å². The fraction of sp³-hybridized carbons (Fsp3) is 0.500. The van der Waals surface area contributed by atoms with Gasteiger partial charge >= 0.3 is 5.97 Å². The first-order chi connectivity index (χ1) is 7.50. The fourth-order valence-electron chi connectivity index (χ4n) is 1.97. The number of carboxylic acid groups (broad SMARTS) is 1. The molecule has 1 heterocycles. The van der Waals surface area contributed by atoms with Crippen LogP contribution < -0.4 is 5.56 Å². The topological polar surface area (TPSA) is 59.3 Å². The van der Waals surface area contributed by atoms with Gasteiger partial charge in [0.25, 0.3) is 5.56 Å². The Morgan fingerprint density at radius 2 is 2.12 bits per heavy atom. The lowest BCUT2D eigenvalue weighted by Crippen LogP contribution is -2.29. The lowest BCUT2D eigenvalue weighted by Gasteiger charge is -2.12. The predicted octanol–water partition coefficient (Wildman–Crippen LogP) is 1.57. The highest BCUT2D eigenvalue weighted by Gasteiger charge is 2.24. The van der Waals surface area contributed by atoms with Gasteiger partial charge < -0.3 is 9.67 Å². The molecular formula is C12H15NO3. The SMILES string of the molecule is Cc1cc(C)n(CC2CC2)c(=O)c1C(=O)O. The molecule has 0 saturated heterocycles. The van der Waals surface area contributed by atoms with Crippen LogP contribution in [0.2, 0.25) is 0 Å². The van der Waals surface area contributed by atoms with Gasteiger partial charge in [0.1, 0.15) is 5.56 Å². The zero-order chi connectivity index (χ0) is 11.9. The van der Waals surface area contributed by atoms with Crippen LogP contribution in [0.3, 0.4) is 0 Å². The lowest BCUT2D eigenvalue weighted by molar-refractivity contribution is 0.0693. The van der Waals surface area contributed by atoms with Crippen molar-refractivity contribution in [2.75, 3.05) is 0 Å². The van der Waals surface area contributed by atoms with E-state index in [9.17, 15) is 9.59 Å². The van der Waals surface area contributed by atoms with Gasteiger partial charge in [-0.1, -0.05) is 0 Å². The Hall–Kier alpha value is -1.58. The molecule has 4 heteroatoms. The smallest absolute Gasteiger partial charge is 0.341 e. The van der Waals surface area contributed by atoms with E-state index in [-0.39, 0.29) is 11.1 Å². The van der Waals surface area contributed by atoms with E-state index < -0.39 is 5.97 Å². The molecule has 4 nitrogen and oxygen atoms in total. The molecule has 0 atom stereocenters. The summed E-state index contributed by atoms with van der Waals surface area (Å²) in [5.41, 5.74) is 0.935. The molecule has 1 aromatic heterocycles. The van der Waals surface area contributed by atoms with Crippen LogP contribution in [-0.4, -0.2) is 15.6 Å². The number of aromatic carboxylic acids is 1. The Labute approximate surface area is 93.5 Å². The quantitative estimate of drug-likeness (QED) is 0.842. The summed E-state index contributed by atoms with van der Waals surface area (Å²) >= 11 is 0. The fourth-order valence-corrected chi connectivity index (χ4v) is 1.97. The van der Waals surface area contributed by atoms with Crippen molar-refractivity contribution in [3.05, 3.63) is 33.2 Å². The largest absolute Gasteiger partial charge is 0.477 e. The molecule has 0 aliphatic heterocycles. The van der Waals surface area contributed by atoms with E-state index in [1.165, 1.54) is 0 Å². The van der Waals surface area contributed by atoms with Gasteiger partial charge in [-0.3, -0.25) is 4.79 Å². The molecule has 16 heavy (non-hydrogen) atoms. The lowest BCUT2D eigenvalue weighted by atomic mass is 10.1. The molecule has 0 unspecified atom stereocenters. The highest BCUT2D eigenvalue weighted by molar-refractivity contribution is 5.88. The second-order valence-corrected chi connectivity index (χ2v) is 4.51. The highest BCUT2D eigenvalue weighted by atomic mass is 16.4. The van der Waals surface area contributed by atoms with Crippen molar-refractivity contribution in [3.8, 4) is 0 Å². The number of rotatable bonds is 3. The second kappa shape index (κ2) is 3.77. The summed E-state index contributed by atoms with van der Waals surface area (Å²) < 4.78 is 1.59. The number of carbonyl (C=O) groups is 1. The average Bonchev–Trinajstić information content (AvgIpc) is 2.94. The first-order valence-electron chi connectivity index (χ1n) is 5.45. The first-order valence-corrected chi connectivity index (χ1v) is 5.45. The number of aryl methyl sites for hydroxylation is 2. The van der Waals surface area contributed by atoms with E-state index in [4.69, 9.17) is 5.11 Å². The average molecular weight is 221 g/mol. The van der Waals surface area contributed by atoms with Gasteiger partial charge in [0.05, 0.1) is 0 Å². The third-order valence-electron chi connectivity index (χ3n) is 3.06. The molecule has 1 aliphatic rings. The summed E-state index contributed by atoms with van der Waals surface area (Å²) in [6.07, 6.45) is 2.28. The summed E-state index contributed by atoms with van der Waals surface area (Å²) in [5.74, 6) is -0.576. The van der Waals surface area contributed by atoms with E-state index in [1.807, 2.05) is 6.92 Å². The van der Waals surface area contributed by atoms with Crippen LogP contribution in [0.4, 0.5) is 0 Å². The van der Waals surface area contributed by atoms with Crippen molar-refractivity contribution in [2.24, 2.45) is 5.92 Å². The van der Waals surface area contributed by atoms with Gasteiger partial charge in [-0.25, -0.2) is 4.79 Å². The second-order valence-electron chi connectivity index (χ2n) is 4.51. The van der Waals surface area contributed by atoms with Crippen LogP contribution in [0, 0.1) is 19.8 Å². The monoisotopic (exact) mass is 221 g/mol. The Morgan fingerprint density at radius 1 is 1.50 bits per heavy atom. The number of aromatic nitrogens is 1. The number of hydrogen-bond acceptors (Lipinski definition) is 2. The summed E-state index contributed by atoms with van der Waals surface area (Å²) in [7, 11) is 0. The minimum Gasteiger partial charge on any atom is -0.477 e. The van der Waals surface area contributed by atoms with Crippen molar-refractivity contribution in [3.63, 3.8) is 0 Å². The van der Waals surface area contributed by atoms with E-state index >= 15 is 0 Å². The Balaban J connectivity index is 2.54.